The van der Waals surface area contributed by atoms with E-state index in [0.717, 1.165) is 26.1 Å². The van der Waals surface area contributed by atoms with Gasteiger partial charge in [0.05, 0.1) is 5.75 Å². The Kier molecular flexibility index (Phi) is 4.31. The summed E-state index contributed by atoms with van der Waals surface area (Å²) in [6, 6.07) is 0.262. The number of nitrogens with one attached hydrogen (secondary N) is 1. The molecular formula is C8H19N3O2S. The highest BCUT2D eigenvalue weighted by molar-refractivity contribution is 7.89. The molecule has 84 valence electrons. The fourth-order valence-corrected chi connectivity index (χ4v) is 2.13. The maximum Gasteiger partial charge on any atom is 0.211 e. The highest BCUT2D eigenvalue weighted by Gasteiger charge is 2.18. The molecule has 0 saturated carbocycles. The first-order valence-corrected chi connectivity index (χ1v) is 6.64. The van der Waals surface area contributed by atoms with E-state index in [1.165, 1.54) is 0 Å². The van der Waals surface area contributed by atoms with Gasteiger partial charge in [0.15, 0.2) is 0 Å². The van der Waals surface area contributed by atoms with Crippen LogP contribution in [0.1, 0.15) is 13.3 Å². The number of nitrogens with two attached hydrogens (primary N) is 1. The van der Waals surface area contributed by atoms with Crippen molar-refractivity contribution in [2.75, 3.05) is 31.9 Å². The van der Waals surface area contributed by atoms with Crippen molar-refractivity contribution >= 4 is 10.0 Å². The summed E-state index contributed by atoms with van der Waals surface area (Å²) in [5, 5.41) is 0. The van der Waals surface area contributed by atoms with Gasteiger partial charge >= 0.3 is 0 Å². The minimum atomic E-state index is -3.03. The number of hydrogen-bond acceptors (Lipinski definition) is 4. The lowest BCUT2D eigenvalue weighted by molar-refractivity contribution is 0.339. The summed E-state index contributed by atoms with van der Waals surface area (Å²) in [7, 11) is -3.03. The molecule has 0 amide bonds. The van der Waals surface area contributed by atoms with Crippen molar-refractivity contribution in [1.82, 2.24) is 9.62 Å². The monoisotopic (exact) mass is 221 g/mol. The Morgan fingerprint density at radius 3 is 2.79 bits per heavy atom. The first-order valence-electron chi connectivity index (χ1n) is 4.99. The summed E-state index contributed by atoms with van der Waals surface area (Å²) in [5.41, 5.74) is 5.73. The van der Waals surface area contributed by atoms with Crippen molar-refractivity contribution in [3.8, 4) is 0 Å². The van der Waals surface area contributed by atoms with E-state index in [9.17, 15) is 8.42 Å². The summed E-state index contributed by atoms with van der Waals surface area (Å²) in [6.07, 6.45) is 1.01. The van der Waals surface area contributed by atoms with Crippen LogP contribution in [-0.4, -0.2) is 51.3 Å². The maximum absolute atomic E-state index is 11.1. The van der Waals surface area contributed by atoms with Gasteiger partial charge in [-0.15, -0.1) is 0 Å². The number of likely N-dealkylation sites (tertiary alicyclic amines) is 1. The van der Waals surface area contributed by atoms with Crippen LogP contribution in [0.15, 0.2) is 0 Å². The van der Waals surface area contributed by atoms with Crippen molar-refractivity contribution in [3.63, 3.8) is 0 Å². The predicted molar refractivity (Wildman–Crippen MR) is 56.5 cm³/mol. The van der Waals surface area contributed by atoms with Crippen LogP contribution < -0.4 is 10.5 Å². The average molecular weight is 221 g/mol. The topological polar surface area (TPSA) is 75.4 Å². The third-order valence-corrected chi connectivity index (χ3v) is 3.84. The highest BCUT2D eigenvalue weighted by atomic mass is 32.2. The largest absolute Gasteiger partial charge is 0.326 e. The first-order chi connectivity index (χ1) is 6.53. The Labute approximate surface area is 85.7 Å². The minimum absolute atomic E-state index is 0.145. The summed E-state index contributed by atoms with van der Waals surface area (Å²) < 4.78 is 24.7. The standard InChI is InChI=1S/C8H19N3O2S/c1-2-14(12,13)10-4-6-11-5-3-8(9)7-11/h8,10H,2-7,9H2,1H3. The fourth-order valence-electron chi connectivity index (χ4n) is 1.53. The fraction of sp³-hybridized carbons (Fsp3) is 1.00. The molecule has 0 aromatic rings. The summed E-state index contributed by atoms with van der Waals surface area (Å²) in [6.45, 7) is 4.74. The van der Waals surface area contributed by atoms with Crippen LogP contribution in [-0.2, 0) is 10.0 Å². The second-order valence-corrected chi connectivity index (χ2v) is 5.74. The second-order valence-electron chi connectivity index (χ2n) is 3.65. The van der Waals surface area contributed by atoms with Crippen LogP contribution in [0.5, 0.6) is 0 Å². The number of hydrogen-bond donors (Lipinski definition) is 2. The zero-order chi connectivity index (χ0) is 10.6. The average Bonchev–Trinajstić information content (AvgIpc) is 2.51. The van der Waals surface area contributed by atoms with Gasteiger partial charge in [-0.3, -0.25) is 0 Å². The summed E-state index contributed by atoms with van der Waals surface area (Å²) >= 11 is 0. The van der Waals surface area contributed by atoms with Gasteiger partial charge < -0.3 is 10.6 Å². The van der Waals surface area contributed by atoms with Crippen LogP contribution in [0.2, 0.25) is 0 Å². The Morgan fingerprint density at radius 2 is 2.29 bits per heavy atom. The predicted octanol–water partition coefficient (Wildman–Crippen LogP) is -1.04. The molecule has 1 unspecified atom stereocenters. The van der Waals surface area contributed by atoms with E-state index in [-0.39, 0.29) is 11.8 Å². The highest BCUT2D eigenvalue weighted by Crippen LogP contribution is 2.05. The molecular weight excluding hydrogens is 202 g/mol. The Morgan fingerprint density at radius 1 is 1.57 bits per heavy atom. The lowest BCUT2D eigenvalue weighted by atomic mass is 10.3. The molecule has 0 aliphatic carbocycles. The lowest BCUT2D eigenvalue weighted by Crippen LogP contribution is -2.35. The van der Waals surface area contributed by atoms with E-state index < -0.39 is 10.0 Å². The smallest absolute Gasteiger partial charge is 0.211 e. The van der Waals surface area contributed by atoms with Crippen LogP contribution >= 0.6 is 0 Å². The summed E-state index contributed by atoms with van der Waals surface area (Å²) in [4.78, 5) is 2.18. The molecule has 0 aromatic heterocycles. The molecule has 1 rings (SSSR count). The zero-order valence-electron chi connectivity index (χ0n) is 8.57. The zero-order valence-corrected chi connectivity index (χ0v) is 9.39. The molecule has 0 aromatic carbocycles. The third kappa shape index (κ3) is 3.91. The van der Waals surface area contributed by atoms with E-state index in [2.05, 4.69) is 9.62 Å². The number of nitrogens with zero attached hydrogens (tertiary/aromatic N) is 1. The van der Waals surface area contributed by atoms with Gasteiger partial charge in [-0.1, -0.05) is 0 Å². The molecule has 0 radical (unpaired) electrons. The van der Waals surface area contributed by atoms with E-state index in [4.69, 9.17) is 5.73 Å². The van der Waals surface area contributed by atoms with E-state index in [1.54, 1.807) is 6.92 Å². The van der Waals surface area contributed by atoms with Gasteiger partial charge in [0.1, 0.15) is 0 Å². The van der Waals surface area contributed by atoms with Gasteiger partial charge in [0.2, 0.25) is 10.0 Å². The van der Waals surface area contributed by atoms with E-state index in [1.807, 2.05) is 0 Å². The van der Waals surface area contributed by atoms with Gasteiger partial charge in [-0.2, -0.15) is 0 Å². The van der Waals surface area contributed by atoms with E-state index >= 15 is 0 Å². The maximum atomic E-state index is 11.1. The molecule has 1 saturated heterocycles. The molecule has 6 heteroatoms. The Hall–Kier alpha value is -0.170. The second kappa shape index (κ2) is 5.06. The molecule has 1 heterocycles. The molecule has 0 bridgehead atoms. The molecule has 3 N–H and O–H groups in total. The number of sulfonamides is 1. The SMILES string of the molecule is CCS(=O)(=O)NCCN1CCC(N)C1. The van der Waals surface area contributed by atoms with Gasteiger partial charge in [0.25, 0.3) is 0 Å². The minimum Gasteiger partial charge on any atom is -0.326 e. The molecule has 5 nitrogen and oxygen atoms in total. The Balaban J connectivity index is 2.16. The first kappa shape index (κ1) is 11.9. The molecule has 1 aliphatic rings. The van der Waals surface area contributed by atoms with Crippen LogP contribution in [0.4, 0.5) is 0 Å². The molecule has 1 atom stereocenters. The van der Waals surface area contributed by atoms with Gasteiger partial charge in [-0.25, -0.2) is 13.1 Å². The van der Waals surface area contributed by atoms with Crippen molar-refractivity contribution in [3.05, 3.63) is 0 Å². The Bertz CT molecular complexity index is 266. The molecule has 1 aliphatic heterocycles. The van der Waals surface area contributed by atoms with Crippen LogP contribution in [0, 0.1) is 0 Å². The lowest BCUT2D eigenvalue weighted by Gasteiger charge is -2.14. The quantitative estimate of drug-likeness (QED) is 0.622. The van der Waals surface area contributed by atoms with Crippen molar-refractivity contribution in [1.29, 1.82) is 0 Å². The van der Waals surface area contributed by atoms with Crippen LogP contribution in [0.25, 0.3) is 0 Å². The normalized spacial score (nSPS) is 24.3. The molecule has 0 spiro atoms. The van der Waals surface area contributed by atoms with Gasteiger partial charge in [0, 0.05) is 25.7 Å². The molecule has 14 heavy (non-hydrogen) atoms. The van der Waals surface area contributed by atoms with Crippen molar-refractivity contribution < 1.29 is 8.42 Å². The van der Waals surface area contributed by atoms with Crippen molar-refractivity contribution in [2.24, 2.45) is 5.73 Å². The molecule has 1 fully saturated rings. The van der Waals surface area contributed by atoms with Gasteiger partial charge in [-0.05, 0) is 19.9 Å². The summed E-state index contributed by atoms with van der Waals surface area (Å²) in [5.74, 6) is 0.145. The van der Waals surface area contributed by atoms with Crippen LogP contribution in [0.3, 0.4) is 0 Å². The number of rotatable bonds is 5. The van der Waals surface area contributed by atoms with Crippen molar-refractivity contribution in [2.45, 2.75) is 19.4 Å². The van der Waals surface area contributed by atoms with E-state index in [0.29, 0.717) is 6.54 Å². The third-order valence-electron chi connectivity index (χ3n) is 2.44.